The maximum absolute atomic E-state index is 5.94. The Labute approximate surface area is 125 Å². The predicted octanol–water partition coefficient (Wildman–Crippen LogP) is 3.82. The Bertz CT molecular complexity index is 542. The summed E-state index contributed by atoms with van der Waals surface area (Å²) in [5.41, 5.74) is 1.09. The van der Waals surface area contributed by atoms with Crippen molar-refractivity contribution in [3.05, 3.63) is 44.6 Å². The summed E-state index contributed by atoms with van der Waals surface area (Å²) in [7, 11) is 3.58. The lowest BCUT2D eigenvalue weighted by Gasteiger charge is -2.14. The summed E-state index contributed by atoms with van der Waals surface area (Å²) in [6, 6.07) is 10.0. The number of benzene rings is 1. The average Bonchev–Trinajstić information content (AvgIpc) is 2.83. The molecular formula is C14H16BrNO2S. The van der Waals surface area contributed by atoms with Gasteiger partial charge in [-0.2, -0.15) is 0 Å². The molecule has 19 heavy (non-hydrogen) atoms. The molecule has 0 saturated carbocycles. The zero-order chi connectivity index (χ0) is 13.7. The molecule has 5 heteroatoms. The molecule has 2 aromatic rings. The number of hydrogen-bond acceptors (Lipinski definition) is 4. The molecule has 0 spiro atoms. The molecule has 0 aliphatic rings. The predicted molar refractivity (Wildman–Crippen MR) is 82.1 cm³/mol. The first-order valence-corrected chi connectivity index (χ1v) is 7.53. The molecule has 0 radical (unpaired) electrons. The van der Waals surface area contributed by atoms with Gasteiger partial charge in [-0.05, 0) is 41.2 Å². The van der Waals surface area contributed by atoms with Gasteiger partial charge in [-0.3, -0.25) is 0 Å². The Balaban J connectivity index is 2.17. The molecule has 0 aliphatic heterocycles. The molecular weight excluding hydrogens is 326 g/mol. The smallest absolute Gasteiger partial charge is 0.166 e. The molecule has 1 N–H and O–H groups in total. The molecule has 1 aromatic heterocycles. The fourth-order valence-electron chi connectivity index (χ4n) is 1.79. The van der Waals surface area contributed by atoms with E-state index in [1.165, 1.54) is 4.88 Å². The second kappa shape index (κ2) is 6.93. The van der Waals surface area contributed by atoms with Crippen LogP contribution in [0.4, 0.5) is 0 Å². The highest BCUT2D eigenvalue weighted by Gasteiger charge is 2.10. The lowest BCUT2D eigenvalue weighted by Crippen LogP contribution is -2.08. The van der Waals surface area contributed by atoms with E-state index in [2.05, 4.69) is 27.3 Å². The number of halogens is 1. The second-order valence-electron chi connectivity index (χ2n) is 3.97. The van der Waals surface area contributed by atoms with Gasteiger partial charge in [0.25, 0.3) is 0 Å². The van der Waals surface area contributed by atoms with Crippen LogP contribution in [-0.2, 0) is 13.2 Å². The van der Waals surface area contributed by atoms with Crippen LogP contribution < -0.4 is 14.8 Å². The van der Waals surface area contributed by atoms with Crippen molar-refractivity contribution >= 4 is 27.3 Å². The second-order valence-corrected chi connectivity index (χ2v) is 6.52. The van der Waals surface area contributed by atoms with Crippen molar-refractivity contribution in [1.82, 2.24) is 5.32 Å². The van der Waals surface area contributed by atoms with Crippen molar-refractivity contribution in [3.63, 3.8) is 0 Å². The van der Waals surface area contributed by atoms with Crippen LogP contribution in [0.25, 0.3) is 0 Å². The number of nitrogens with one attached hydrogen (secondary N) is 1. The summed E-state index contributed by atoms with van der Waals surface area (Å²) in [5.74, 6) is 1.58. The molecule has 1 heterocycles. The summed E-state index contributed by atoms with van der Waals surface area (Å²) in [6.07, 6.45) is 0. The van der Waals surface area contributed by atoms with Crippen LogP contribution in [-0.4, -0.2) is 14.2 Å². The average molecular weight is 342 g/mol. The molecule has 3 nitrogen and oxygen atoms in total. The SMILES string of the molecule is CNCc1cccc(OC)c1OCc1ccc(Br)s1. The van der Waals surface area contributed by atoms with Crippen LogP contribution in [0.1, 0.15) is 10.4 Å². The Morgan fingerprint density at radius 2 is 2.11 bits per heavy atom. The molecule has 2 rings (SSSR count). The van der Waals surface area contributed by atoms with Crippen LogP contribution in [0.15, 0.2) is 34.1 Å². The van der Waals surface area contributed by atoms with Gasteiger partial charge in [-0.1, -0.05) is 12.1 Å². The molecule has 102 valence electrons. The van der Waals surface area contributed by atoms with Gasteiger partial charge in [-0.25, -0.2) is 0 Å². The zero-order valence-electron chi connectivity index (χ0n) is 10.9. The Hall–Kier alpha value is -1.04. The van der Waals surface area contributed by atoms with Crippen LogP contribution in [0.2, 0.25) is 0 Å². The van der Waals surface area contributed by atoms with Gasteiger partial charge < -0.3 is 14.8 Å². The molecule has 0 aliphatic carbocycles. The highest BCUT2D eigenvalue weighted by atomic mass is 79.9. The first-order valence-electron chi connectivity index (χ1n) is 5.92. The Morgan fingerprint density at radius 3 is 2.74 bits per heavy atom. The fourth-order valence-corrected chi connectivity index (χ4v) is 3.18. The fraction of sp³-hybridized carbons (Fsp3) is 0.286. The minimum absolute atomic E-state index is 0.549. The van der Waals surface area contributed by atoms with Crippen LogP contribution in [0.5, 0.6) is 11.5 Å². The topological polar surface area (TPSA) is 30.5 Å². The van der Waals surface area contributed by atoms with Crippen molar-refractivity contribution in [2.24, 2.45) is 0 Å². The van der Waals surface area contributed by atoms with Gasteiger partial charge in [0.15, 0.2) is 11.5 Å². The minimum Gasteiger partial charge on any atom is -0.493 e. The first kappa shape index (κ1) is 14.4. The summed E-state index contributed by atoms with van der Waals surface area (Å²) in [4.78, 5) is 1.17. The van der Waals surface area contributed by atoms with Gasteiger partial charge in [0.1, 0.15) is 6.61 Å². The summed E-state index contributed by atoms with van der Waals surface area (Å²) >= 11 is 5.13. The number of hydrogen-bond donors (Lipinski definition) is 1. The van der Waals surface area contributed by atoms with Crippen LogP contribution in [0, 0.1) is 0 Å². The van der Waals surface area contributed by atoms with Gasteiger partial charge in [0, 0.05) is 17.0 Å². The summed E-state index contributed by atoms with van der Waals surface area (Å²) in [6.45, 7) is 1.30. The van der Waals surface area contributed by atoms with Gasteiger partial charge in [-0.15, -0.1) is 11.3 Å². The van der Waals surface area contributed by atoms with E-state index in [9.17, 15) is 0 Å². The highest BCUT2D eigenvalue weighted by molar-refractivity contribution is 9.11. The maximum atomic E-state index is 5.94. The lowest BCUT2D eigenvalue weighted by molar-refractivity contribution is 0.283. The Morgan fingerprint density at radius 1 is 1.26 bits per heavy atom. The first-order chi connectivity index (χ1) is 9.24. The zero-order valence-corrected chi connectivity index (χ0v) is 13.3. The van der Waals surface area contributed by atoms with Crippen molar-refractivity contribution in [2.75, 3.05) is 14.2 Å². The third kappa shape index (κ3) is 3.72. The van der Waals surface area contributed by atoms with Gasteiger partial charge in [0.2, 0.25) is 0 Å². The molecule has 0 atom stereocenters. The summed E-state index contributed by atoms with van der Waals surface area (Å²) in [5, 5.41) is 3.14. The molecule has 0 saturated heterocycles. The van der Waals surface area contributed by atoms with E-state index in [1.807, 2.05) is 31.3 Å². The molecule has 0 fully saturated rings. The van der Waals surface area contributed by atoms with E-state index in [0.717, 1.165) is 27.4 Å². The normalized spacial score (nSPS) is 10.5. The summed E-state index contributed by atoms with van der Waals surface area (Å²) < 4.78 is 12.4. The van der Waals surface area contributed by atoms with Crippen LogP contribution >= 0.6 is 27.3 Å². The number of methoxy groups -OCH3 is 1. The van der Waals surface area contributed by atoms with Gasteiger partial charge >= 0.3 is 0 Å². The third-order valence-corrected chi connectivity index (χ3v) is 4.23. The van der Waals surface area contributed by atoms with E-state index in [1.54, 1.807) is 18.4 Å². The molecule has 0 unspecified atom stereocenters. The van der Waals surface area contributed by atoms with E-state index < -0.39 is 0 Å². The quantitative estimate of drug-likeness (QED) is 0.866. The Kier molecular flexibility index (Phi) is 5.24. The molecule has 0 amide bonds. The van der Waals surface area contributed by atoms with Crippen molar-refractivity contribution in [1.29, 1.82) is 0 Å². The van der Waals surface area contributed by atoms with Crippen molar-refractivity contribution < 1.29 is 9.47 Å². The maximum Gasteiger partial charge on any atom is 0.166 e. The number of rotatable bonds is 6. The number of thiophene rings is 1. The van der Waals surface area contributed by atoms with E-state index in [-0.39, 0.29) is 0 Å². The number of ether oxygens (including phenoxy) is 2. The van der Waals surface area contributed by atoms with E-state index in [4.69, 9.17) is 9.47 Å². The standard InChI is InChI=1S/C14H16BrNO2S/c1-16-8-10-4-3-5-12(17-2)14(10)18-9-11-6-7-13(15)19-11/h3-7,16H,8-9H2,1-2H3. The van der Waals surface area contributed by atoms with Crippen molar-refractivity contribution in [2.45, 2.75) is 13.2 Å². The van der Waals surface area contributed by atoms with Gasteiger partial charge in [0.05, 0.1) is 10.9 Å². The largest absolute Gasteiger partial charge is 0.493 e. The molecule has 0 bridgehead atoms. The van der Waals surface area contributed by atoms with E-state index >= 15 is 0 Å². The monoisotopic (exact) mass is 341 g/mol. The van der Waals surface area contributed by atoms with Crippen molar-refractivity contribution in [3.8, 4) is 11.5 Å². The molecule has 1 aromatic carbocycles. The number of para-hydroxylation sites is 1. The highest BCUT2D eigenvalue weighted by Crippen LogP contribution is 2.32. The van der Waals surface area contributed by atoms with E-state index in [0.29, 0.717) is 6.61 Å². The van der Waals surface area contributed by atoms with Crippen LogP contribution in [0.3, 0.4) is 0 Å². The third-order valence-electron chi connectivity index (χ3n) is 2.64. The minimum atomic E-state index is 0.549. The lowest BCUT2D eigenvalue weighted by atomic mass is 10.2.